The van der Waals surface area contributed by atoms with Gasteiger partial charge < -0.3 is 10.1 Å². The van der Waals surface area contributed by atoms with Crippen molar-refractivity contribution in [2.24, 2.45) is 5.92 Å². The largest absolute Gasteiger partial charge is 0.377 e. The molecular weight excluding hydrogens is 214 g/mol. The summed E-state index contributed by atoms with van der Waals surface area (Å²) in [6.45, 7) is 7.31. The molecule has 2 rings (SSSR count). The highest BCUT2D eigenvalue weighted by atomic mass is 16.5. The molecule has 0 aliphatic carbocycles. The van der Waals surface area contributed by atoms with Gasteiger partial charge in [-0.25, -0.2) is 0 Å². The predicted octanol–water partition coefficient (Wildman–Crippen LogP) is 1.68. The number of hydrogen-bond acceptors (Lipinski definition) is 3. The molecule has 1 aliphatic rings. The first-order valence-corrected chi connectivity index (χ1v) is 6.58. The summed E-state index contributed by atoms with van der Waals surface area (Å²) in [4.78, 5) is 0. The van der Waals surface area contributed by atoms with Crippen molar-refractivity contribution in [2.45, 2.75) is 45.4 Å². The van der Waals surface area contributed by atoms with Gasteiger partial charge in [0, 0.05) is 31.6 Å². The lowest BCUT2D eigenvalue weighted by Crippen LogP contribution is -2.41. The van der Waals surface area contributed by atoms with Crippen LogP contribution in [0, 0.1) is 5.92 Å². The smallest absolute Gasteiger partial charge is 0.0700 e. The van der Waals surface area contributed by atoms with Gasteiger partial charge in [-0.1, -0.05) is 13.8 Å². The molecule has 1 aromatic heterocycles. The van der Waals surface area contributed by atoms with Crippen LogP contribution >= 0.6 is 0 Å². The zero-order valence-corrected chi connectivity index (χ0v) is 10.8. The molecule has 0 aromatic carbocycles. The number of nitrogens with zero attached hydrogens (tertiary/aromatic N) is 2. The fraction of sp³-hybridized carbons (Fsp3) is 0.769. The van der Waals surface area contributed by atoms with Crippen LogP contribution < -0.4 is 5.32 Å². The number of ether oxygens (including phenoxy) is 1. The fourth-order valence-electron chi connectivity index (χ4n) is 2.21. The van der Waals surface area contributed by atoms with Gasteiger partial charge in [-0.2, -0.15) is 5.10 Å². The summed E-state index contributed by atoms with van der Waals surface area (Å²) in [6.07, 6.45) is 6.66. The minimum atomic E-state index is 0.411. The molecule has 0 bridgehead atoms. The van der Waals surface area contributed by atoms with Crippen molar-refractivity contribution in [2.75, 3.05) is 13.2 Å². The molecule has 4 nitrogen and oxygen atoms in total. The van der Waals surface area contributed by atoms with Gasteiger partial charge in [0.2, 0.25) is 0 Å². The Bertz CT molecular complexity index is 304. The van der Waals surface area contributed by atoms with Crippen molar-refractivity contribution >= 4 is 0 Å². The van der Waals surface area contributed by atoms with Crippen molar-refractivity contribution in [1.82, 2.24) is 15.1 Å². The summed E-state index contributed by atoms with van der Waals surface area (Å²) < 4.78 is 7.63. The maximum absolute atomic E-state index is 5.63. The van der Waals surface area contributed by atoms with Crippen molar-refractivity contribution in [3.8, 4) is 0 Å². The summed E-state index contributed by atoms with van der Waals surface area (Å²) >= 11 is 0. The molecule has 4 heteroatoms. The topological polar surface area (TPSA) is 39.1 Å². The van der Waals surface area contributed by atoms with E-state index in [1.54, 1.807) is 0 Å². The Morgan fingerprint density at radius 1 is 1.53 bits per heavy atom. The van der Waals surface area contributed by atoms with E-state index < -0.39 is 0 Å². The Labute approximate surface area is 103 Å². The average Bonchev–Trinajstić information content (AvgIpc) is 2.97. The van der Waals surface area contributed by atoms with Crippen LogP contribution in [-0.4, -0.2) is 35.1 Å². The van der Waals surface area contributed by atoms with Crippen molar-refractivity contribution in [1.29, 1.82) is 0 Å². The van der Waals surface area contributed by atoms with Gasteiger partial charge in [-0.05, 0) is 24.8 Å². The first-order valence-electron chi connectivity index (χ1n) is 6.58. The molecule has 1 N–H and O–H groups in total. The molecule has 2 atom stereocenters. The van der Waals surface area contributed by atoms with E-state index in [0.717, 1.165) is 19.7 Å². The highest BCUT2D eigenvalue weighted by Gasteiger charge is 2.19. The second kappa shape index (κ2) is 6.17. The lowest BCUT2D eigenvalue weighted by molar-refractivity contribution is 0.104. The summed E-state index contributed by atoms with van der Waals surface area (Å²) in [6, 6.07) is 2.43. The fourth-order valence-corrected chi connectivity index (χ4v) is 2.21. The Morgan fingerprint density at radius 3 is 3.00 bits per heavy atom. The molecule has 2 heterocycles. The number of rotatable bonds is 6. The number of hydrogen-bond donors (Lipinski definition) is 1. The van der Waals surface area contributed by atoms with E-state index in [9.17, 15) is 0 Å². The van der Waals surface area contributed by atoms with Crippen LogP contribution in [0.2, 0.25) is 0 Å². The van der Waals surface area contributed by atoms with Gasteiger partial charge in [0.15, 0.2) is 0 Å². The number of nitrogens with one attached hydrogen (secondary N) is 1. The van der Waals surface area contributed by atoms with E-state index in [-0.39, 0.29) is 0 Å². The first kappa shape index (κ1) is 12.6. The van der Waals surface area contributed by atoms with Gasteiger partial charge in [0.25, 0.3) is 0 Å². The quantitative estimate of drug-likeness (QED) is 0.818. The third kappa shape index (κ3) is 3.82. The monoisotopic (exact) mass is 237 g/mol. The van der Waals surface area contributed by atoms with E-state index in [1.165, 1.54) is 12.8 Å². The van der Waals surface area contributed by atoms with Crippen LogP contribution in [0.4, 0.5) is 0 Å². The summed E-state index contributed by atoms with van der Waals surface area (Å²) in [5.41, 5.74) is 0. The van der Waals surface area contributed by atoms with E-state index in [2.05, 4.69) is 24.3 Å². The van der Waals surface area contributed by atoms with Crippen LogP contribution in [0.15, 0.2) is 18.5 Å². The number of aromatic nitrogens is 2. The van der Waals surface area contributed by atoms with Crippen LogP contribution in [0.25, 0.3) is 0 Å². The molecule has 0 amide bonds. The van der Waals surface area contributed by atoms with E-state index in [1.807, 2.05) is 23.1 Å². The second-order valence-electron chi connectivity index (χ2n) is 5.12. The van der Waals surface area contributed by atoms with E-state index in [4.69, 9.17) is 4.74 Å². The third-order valence-corrected chi connectivity index (χ3v) is 3.38. The second-order valence-corrected chi connectivity index (χ2v) is 5.12. The van der Waals surface area contributed by atoms with Crippen LogP contribution in [-0.2, 0) is 11.3 Å². The standard InChI is InChI=1S/C13H23N3O/c1-11(2)13(10-16-7-4-6-15-16)14-9-12-5-3-8-17-12/h4,6-7,11-14H,3,5,8-10H2,1-2H3. The Morgan fingerprint density at radius 2 is 2.41 bits per heavy atom. The van der Waals surface area contributed by atoms with Gasteiger partial charge in [-0.15, -0.1) is 0 Å². The molecule has 96 valence electrons. The van der Waals surface area contributed by atoms with Crippen molar-refractivity contribution in [3.05, 3.63) is 18.5 Å². The SMILES string of the molecule is CC(C)C(Cn1cccn1)NCC1CCCO1. The van der Waals surface area contributed by atoms with Gasteiger partial charge in [-0.3, -0.25) is 4.68 Å². The van der Waals surface area contributed by atoms with Crippen LogP contribution in [0.1, 0.15) is 26.7 Å². The molecule has 0 radical (unpaired) electrons. The van der Waals surface area contributed by atoms with Gasteiger partial charge >= 0.3 is 0 Å². The summed E-state index contributed by atoms with van der Waals surface area (Å²) in [5, 5.41) is 7.88. The average molecular weight is 237 g/mol. The Balaban J connectivity index is 1.80. The zero-order chi connectivity index (χ0) is 12.1. The van der Waals surface area contributed by atoms with Gasteiger partial charge in [0.1, 0.15) is 0 Å². The molecule has 17 heavy (non-hydrogen) atoms. The van der Waals surface area contributed by atoms with Crippen molar-refractivity contribution in [3.63, 3.8) is 0 Å². The van der Waals surface area contributed by atoms with E-state index in [0.29, 0.717) is 18.1 Å². The van der Waals surface area contributed by atoms with Crippen LogP contribution in [0.5, 0.6) is 0 Å². The van der Waals surface area contributed by atoms with Crippen molar-refractivity contribution < 1.29 is 4.74 Å². The highest BCUT2D eigenvalue weighted by molar-refractivity contribution is 4.81. The minimum Gasteiger partial charge on any atom is -0.377 e. The molecule has 1 aliphatic heterocycles. The Kier molecular flexibility index (Phi) is 4.57. The summed E-state index contributed by atoms with van der Waals surface area (Å²) in [5.74, 6) is 0.598. The predicted molar refractivity (Wildman–Crippen MR) is 67.8 cm³/mol. The molecule has 1 fully saturated rings. The maximum Gasteiger partial charge on any atom is 0.0700 e. The molecule has 0 spiro atoms. The maximum atomic E-state index is 5.63. The molecular formula is C13H23N3O. The summed E-state index contributed by atoms with van der Waals surface area (Å²) in [7, 11) is 0. The van der Waals surface area contributed by atoms with Crippen LogP contribution in [0.3, 0.4) is 0 Å². The first-order chi connectivity index (χ1) is 8.25. The molecule has 0 saturated carbocycles. The molecule has 1 aromatic rings. The van der Waals surface area contributed by atoms with E-state index >= 15 is 0 Å². The highest BCUT2D eigenvalue weighted by Crippen LogP contribution is 2.12. The lowest BCUT2D eigenvalue weighted by atomic mass is 10.0. The minimum absolute atomic E-state index is 0.411. The van der Waals surface area contributed by atoms with Gasteiger partial charge in [0.05, 0.1) is 12.6 Å². The normalized spacial score (nSPS) is 22.2. The Hall–Kier alpha value is -0.870. The zero-order valence-electron chi connectivity index (χ0n) is 10.8. The lowest BCUT2D eigenvalue weighted by Gasteiger charge is -2.24. The molecule has 1 saturated heterocycles. The molecule has 2 unspecified atom stereocenters. The third-order valence-electron chi connectivity index (χ3n) is 3.38.